The van der Waals surface area contributed by atoms with E-state index in [4.69, 9.17) is 18.6 Å². The first-order chi connectivity index (χ1) is 11.1. The summed E-state index contributed by atoms with van der Waals surface area (Å²) in [6.45, 7) is 10.5. The molecular weight excluding hydrogens is 312 g/mol. The maximum Gasteiger partial charge on any atom is 0.192 e. The van der Waals surface area contributed by atoms with Crippen LogP contribution in [0.1, 0.15) is 33.6 Å². The third-order valence-electron chi connectivity index (χ3n) is 4.48. The van der Waals surface area contributed by atoms with Crippen LogP contribution in [-0.2, 0) is 23.4 Å². The van der Waals surface area contributed by atoms with E-state index >= 15 is 0 Å². The Balaban J connectivity index is 4.98. The van der Waals surface area contributed by atoms with Crippen molar-refractivity contribution in [1.82, 2.24) is 0 Å². The minimum atomic E-state index is -1.77. The van der Waals surface area contributed by atoms with Crippen LogP contribution in [0.5, 0.6) is 0 Å². The molecule has 5 nitrogen and oxygen atoms in total. The molecule has 0 saturated carbocycles. The number of rotatable bonds is 15. The van der Waals surface area contributed by atoms with Gasteiger partial charge in [-0.1, -0.05) is 26.8 Å². The Morgan fingerprint density at radius 3 is 2.13 bits per heavy atom. The molecule has 0 aliphatic heterocycles. The van der Waals surface area contributed by atoms with E-state index in [0.29, 0.717) is 12.8 Å². The van der Waals surface area contributed by atoms with Crippen molar-refractivity contribution in [3.63, 3.8) is 0 Å². The van der Waals surface area contributed by atoms with E-state index in [9.17, 15) is 4.79 Å². The first kappa shape index (κ1) is 22.5. The lowest BCUT2D eigenvalue weighted by Crippen LogP contribution is -2.43. The molecule has 136 valence electrons. The van der Waals surface area contributed by atoms with Crippen molar-refractivity contribution < 1.29 is 23.4 Å². The van der Waals surface area contributed by atoms with E-state index in [1.54, 1.807) is 20.3 Å². The summed E-state index contributed by atoms with van der Waals surface area (Å²) >= 11 is 0. The Morgan fingerprint density at radius 2 is 1.74 bits per heavy atom. The zero-order valence-corrected chi connectivity index (χ0v) is 16.4. The number of methoxy groups -OCH3 is 2. The van der Waals surface area contributed by atoms with Crippen LogP contribution in [0, 0.1) is 0 Å². The molecule has 0 aliphatic carbocycles. The van der Waals surface area contributed by atoms with Crippen molar-refractivity contribution >= 4 is 14.6 Å². The largest absolute Gasteiger partial charge is 0.413 e. The molecule has 0 radical (unpaired) electrons. The maximum absolute atomic E-state index is 11.1. The van der Waals surface area contributed by atoms with Gasteiger partial charge < -0.3 is 23.4 Å². The van der Waals surface area contributed by atoms with Crippen molar-refractivity contribution in [1.29, 1.82) is 0 Å². The van der Waals surface area contributed by atoms with Crippen molar-refractivity contribution in [2.24, 2.45) is 0 Å². The van der Waals surface area contributed by atoms with Gasteiger partial charge in [0.1, 0.15) is 19.2 Å². The highest BCUT2D eigenvalue weighted by Crippen LogP contribution is 2.26. The van der Waals surface area contributed by atoms with Crippen molar-refractivity contribution in [3.8, 4) is 0 Å². The van der Waals surface area contributed by atoms with E-state index in [2.05, 4.69) is 27.4 Å². The Labute approximate surface area is 142 Å². The zero-order valence-electron chi connectivity index (χ0n) is 15.4. The summed E-state index contributed by atoms with van der Waals surface area (Å²) in [6.07, 6.45) is 2.96. The smallest absolute Gasteiger partial charge is 0.192 e. The second-order valence-electron chi connectivity index (χ2n) is 5.67. The van der Waals surface area contributed by atoms with Crippen LogP contribution in [0.4, 0.5) is 0 Å². The predicted octanol–water partition coefficient (Wildman–Crippen LogP) is 3.55. The summed E-state index contributed by atoms with van der Waals surface area (Å²) in [5.41, 5.74) is 0. The van der Waals surface area contributed by atoms with Crippen molar-refractivity contribution in [3.05, 3.63) is 12.7 Å². The van der Waals surface area contributed by atoms with Crippen LogP contribution < -0.4 is 0 Å². The molecule has 0 aromatic heterocycles. The Morgan fingerprint density at radius 1 is 1.13 bits per heavy atom. The minimum Gasteiger partial charge on any atom is -0.413 e. The normalized spacial score (nSPS) is 15.9. The number of aldehydes is 1. The number of hydrogen-bond donors (Lipinski definition) is 0. The van der Waals surface area contributed by atoms with E-state index in [1.165, 1.54) is 0 Å². The summed E-state index contributed by atoms with van der Waals surface area (Å²) < 4.78 is 22.6. The molecule has 0 rings (SSSR count). The standard InChI is InChI=1S/C17H34O5Si/c1-7-16(21-14-19-5)17(20-6)13-15(11-12-18)22-23(8-2,9-3)10-4/h7,12,15-17H,1,8-11,13-14H2,2-6H3/t15-,16-,17-/m0/s1. The van der Waals surface area contributed by atoms with Gasteiger partial charge in [-0.2, -0.15) is 0 Å². The topological polar surface area (TPSA) is 54.0 Å². The fourth-order valence-corrected chi connectivity index (χ4v) is 5.65. The fraction of sp³-hybridized carbons (Fsp3) is 0.824. The Bertz CT molecular complexity index is 312. The highest BCUT2D eigenvalue weighted by Gasteiger charge is 2.34. The van der Waals surface area contributed by atoms with Crippen LogP contribution in [0.15, 0.2) is 12.7 Å². The molecule has 0 amide bonds. The monoisotopic (exact) mass is 346 g/mol. The molecule has 0 aromatic carbocycles. The van der Waals surface area contributed by atoms with Gasteiger partial charge in [0.2, 0.25) is 0 Å². The zero-order chi connectivity index (χ0) is 17.7. The minimum absolute atomic E-state index is 0.141. The summed E-state index contributed by atoms with van der Waals surface area (Å²) in [5.74, 6) is 0. The Kier molecular flexibility index (Phi) is 12.5. The summed E-state index contributed by atoms with van der Waals surface area (Å²) in [7, 11) is 1.44. The fourth-order valence-electron chi connectivity index (χ4n) is 2.75. The predicted molar refractivity (Wildman–Crippen MR) is 95.1 cm³/mol. The van der Waals surface area contributed by atoms with Gasteiger partial charge in [-0.15, -0.1) is 6.58 Å². The molecule has 0 heterocycles. The quantitative estimate of drug-likeness (QED) is 0.196. The van der Waals surface area contributed by atoms with Crippen LogP contribution in [0.25, 0.3) is 0 Å². The number of ether oxygens (including phenoxy) is 3. The third kappa shape index (κ3) is 7.72. The average molecular weight is 347 g/mol. The van der Waals surface area contributed by atoms with Crippen LogP contribution in [-0.4, -0.2) is 53.9 Å². The van der Waals surface area contributed by atoms with E-state index in [1.807, 2.05) is 0 Å². The molecule has 0 bridgehead atoms. The number of hydrogen-bond acceptors (Lipinski definition) is 5. The molecule has 0 saturated heterocycles. The SMILES string of the molecule is C=C[C@H](OCOC)[C@H](C[C@H](CC=O)O[Si](CC)(CC)CC)OC. The second kappa shape index (κ2) is 12.8. The van der Waals surface area contributed by atoms with Crippen molar-refractivity contribution in [2.45, 2.75) is 70.1 Å². The van der Waals surface area contributed by atoms with Gasteiger partial charge in [-0.25, -0.2) is 0 Å². The molecule has 0 aromatic rings. The molecule has 0 fully saturated rings. The number of carbonyl (C=O) groups excluding carboxylic acids is 1. The van der Waals surface area contributed by atoms with Gasteiger partial charge in [-0.3, -0.25) is 0 Å². The van der Waals surface area contributed by atoms with Gasteiger partial charge in [0.25, 0.3) is 0 Å². The lowest BCUT2D eigenvalue weighted by Gasteiger charge is -2.35. The average Bonchev–Trinajstić information content (AvgIpc) is 2.59. The van der Waals surface area contributed by atoms with Crippen LogP contribution in [0.2, 0.25) is 18.1 Å². The van der Waals surface area contributed by atoms with E-state index in [-0.39, 0.29) is 25.1 Å². The molecule has 0 spiro atoms. The summed E-state index contributed by atoms with van der Waals surface area (Å²) in [4.78, 5) is 11.1. The highest BCUT2D eigenvalue weighted by atomic mass is 28.4. The van der Waals surface area contributed by atoms with Gasteiger partial charge >= 0.3 is 0 Å². The number of carbonyl (C=O) groups is 1. The molecule has 23 heavy (non-hydrogen) atoms. The second-order valence-corrected chi connectivity index (χ2v) is 10.4. The van der Waals surface area contributed by atoms with Gasteiger partial charge in [0.15, 0.2) is 8.32 Å². The first-order valence-electron chi connectivity index (χ1n) is 8.43. The lowest BCUT2D eigenvalue weighted by atomic mass is 10.0. The maximum atomic E-state index is 11.1. The molecule has 0 aliphatic rings. The highest BCUT2D eigenvalue weighted by molar-refractivity contribution is 6.73. The lowest BCUT2D eigenvalue weighted by molar-refractivity contribution is -0.115. The van der Waals surface area contributed by atoms with Crippen molar-refractivity contribution in [2.75, 3.05) is 21.0 Å². The Hall–Kier alpha value is -0.533. The molecular formula is C17H34O5Si. The summed E-state index contributed by atoms with van der Waals surface area (Å²) in [5, 5.41) is 0. The molecule has 3 atom stereocenters. The van der Waals surface area contributed by atoms with Gasteiger partial charge in [-0.05, 0) is 18.1 Å². The molecule has 0 N–H and O–H groups in total. The molecule has 6 heteroatoms. The first-order valence-corrected chi connectivity index (χ1v) is 11.0. The van der Waals surface area contributed by atoms with E-state index < -0.39 is 8.32 Å². The summed E-state index contributed by atoms with van der Waals surface area (Å²) in [6, 6.07) is 3.16. The van der Waals surface area contributed by atoms with Crippen LogP contribution in [0.3, 0.4) is 0 Å². The van der Waals surface area contributed by atoms with Gasteiger partial charge in [0, 0.05) is 27.1 Å². The van der Waals surface area contributed by atoms with Crippen LogP contribution >= 0.6 is 0 Å². The van der Waals surface area contributed by atoms with E-state index in [0.717, 1.165) is 24.4 Å². The van der Waals surface area contributed by atoms with Gasteiger partial charge in [0.05, 0.1) is 12.2 Å². The molecule has 0 unspecified atom stereocenters. The third-order valence-corrected chi connectivity index (χ3v) is 9.18.